The monoisotopic (exact) mass is 897 g/mol. The van der Waals surface area contributed by atoms with Gasteiger partial charge in [-0.25, -0.2) is 9.97 Å². The van der Waals surface area contributed by atoms with Gasteiger partial charge < -0.3 is 39.9 Å². The van der Waals surface area contributed by atoms with E-state index in [4.69, 9.17) is 38.5 Å². The van der Waals surface area contributed by atoms with E-state index in [0.717, 1.165) is 118 Å². The van der Waals surface area contributed by atoms with Crippen LogP contribution in [0.15, 0.2) is 36.4 Å². The molecule has 62 heavy (non-hydrogen) atoms. The number of halogens is 2. The second kappa shape index (κ2) is 25.3. The number of carbonyl (C=O) groups excluding carboxylic acids is 3. The van der Waals surface area contributed by atoms with Crippen LogP contribution in [0.5, 0.6) is 0 Å². The van der Waals surface area contributed by atoms with Gasteiger partial charge in [0.1, 0.15) is 6.29 Å². The topological polar surface area (TPSA) is 175 Å². The standard InChI is InChI=1S/C18H25N3O2.C14H14Cl2N2.C10H16N2O.C4H10O2.CH4O/c1-20-15-2-8-21(10-14(15)19-16(20)11-22)9-7-17-3-5-18(12-17,13-23)6-4-17;1-17-11-7-3-5-9(13(11)15)10-6-4-8-12(18-2)14(10)16;1-4-6-9-8(5-2)11-10(7-13)12(9)3;1-2-4(6)3-5;1-2/h11,13H,2-10,12H2,1H3;3-8,17-18H,1-2H3;7H,4-6H2,1-3H3;4-6H,2-3H2,1H3;2H,1H3. The highest BCUT2D eigenvalue weighted by atomic mass is 35.5. The largest absolute Gasteiger partial charge is 0.400 e. The van der Waals surface area contributed by atoms with Crippen molar-refractivity contribution in [1.82, 2.24) is 24.0 Å². The number of benzene rings is 2. The van der Waals surface area contributed by atoms with Crippen molar-refractivity contribution in [2.24, 2.45) is 24.9 Å². The Labute approximate surface area is 378 Å². The third kappa shape index (κ3) is 12.8. The molecule has 4 aromatic rings. The first kappa shape index (κ1) is 52.2. The zero-order valence-corrected chi connectivity index (χ0v) is 39.5. The van der Waals surface area contributed by atoms with Crippen LogP contribution in [0, 0.1) is 10.8 Å². The van der Waals surface area contributed by atoms with Crippen molar-refractivity contribution in [1.29, 1.82) is 0 Å². The molecule has 5 N–H and O–H groups in total. The second-order valence-corrected chi connectivity index (χ2v) is 17.0. The van der Waals surface area contributed by atoms with Crippen molar-refractivity contribution in [3.05, 3.63) is 80.9 Å². The van der Waals surface area contributed by atoms with Gasteiger partial charge in [0.25, 0.3) is 0 Å². The fourth-order valence-corrected chi connectivity index (χ4v) is 9.36. The molecule has 3 heterocycles. The minimum atomic E-state index is -0.509. The lowest BCUT2D eigenvalue weighted by Gasteiger charge is -2.32. The highest BCUT2D eigenvalue weighted by Crippen LogP contribution is 2.62. The molecule has 2 aromatic heterocycles. The first-order valence-electron chi connectivity index (χ1n) is 21.7. The van der Waals surface area contributed by atoms with Gasteiger partial charge in [0.05, 0.1) is 45.5 Å². The molecule has 2 bridgehead atoms. The molecule has 1 aliphatic heterocycles. The summed E-state index contributed by atoms with van der Waals surface area (Å²) in [6, 6.07) is 11.7. The van der Waals surface area contributed by atoms with Crippen molar-refractivity contribution in [3.63, 3.8) is 0 Å². The number of rotatable bonds is 14. The Morgan fingerprint density at radius 3 is 1.85 bits per heavy atom. The van der Waals surface area contributed by atoms with Crippen LogP contribution in [0.4, 0.5) is 11.4 Å². The summed E-state index contributed by atoms with van der Waals surface area (Å²) in [4.78, 5) is 44.3. The van der Waals surface area contributed by atoms with Gasteiger partial charge in [0.15, 0.2) is 24.2 Å². The Balaban J connectivity index is 0.000000235. The average molecular weight is 899 g/mol. The molecule has 2 aromatic carbocycles. The number of aldehydes is 3. The van der Waals surface area contributed by atoms with Crippen LogP contribution < -0.4 is 10.6 Å². The van der Waals surface area contributed by atoms with Crippen LogP contribution in [0.1, 0.15) is 116 Å². The number of fused-ring (bicyclic) bond motifs is 3. The fourth-order valence-electron chi connectivity index (χ4n) is 8.71. The quantitative estimate of drug-likeness (QED) is 0.0777. The molecule has 7 rings (SSSR count). The number of anilines is 2. The number of nitrogens with one attached hydrogen (secondary N) is 2. The zero-order valence-electron chi connectivity index (χ0n) is 37.9. The average Bonchev–Trinajstić information content (AvgIpc) is 4.06. The van der Waals surface area contributed by atoms with Crippen LogP contribution >= 0.6 is 23.2 Å². The fraction of sp³-hybridized carbons (Fsp3) is 0.553. The van der Waals surface area contributed by atoms with Gasteiger partial charge >= 0.3 is 0 Å². The number of aliphatic hydroxyl groups is 3. The van der Waals surface area contributed by atoms with Crippen LogP contribution in [-0.2, 0) is 44.7 Å². The number of hydrogen-bond acceptors (Lipinski definition) is 11. The van der Waals surface area contributed by atoms with Crippen molar-refractivity contribution in [3.8, 4) is 11.1 Å². The number of aryl methyl sites for hydroxylation is 1. The molecule has 0 saturated heterocycles. The van der Waals surface area contributed by atoms with E-state index in [9.17, 15) is 14.4 Å². The summed E-state index contributed by atoms with van der Waals surface area (Å²) in [6.07, 6.45) is 14.0. The molecule has 1 atom stereocenters. The Hall–Kier alpha value is -4.11. The summed E-state index contributed by atoms with van der Waals surface area (Å²) in [6.45, 7) is 8.88. The normalized spacial score (nSPS) is 18.9. The molecule has 342 valence electrons. The lowest BCUT2D eigenvalue weighted by Crippen LogP contribution is -2.34. The first-order valence-corrected chi connectivity index (χ1v) is 22.4. The summed E-state index contributed by atoms with van der Waals surface area (Å²) in [5, 5.41) is 31.0. The molecule has 0 spiro atoms. The third-order valence-corrected chi connectivity index (χ3v) is 13.3. The maximum absolute atomic E-state index is 11.4. The summed E-state index contributed by atoms with van der Waals surface area (Å²) in [5.74, 6) is 1.08. The number of nitrogens with zero attached hydrogens (tertiary/aromatic N) is 5. The molecule has 13 nitrogen and oxygen atoms in total. The maximum Gasteiger partial charge on any atom is 0.185 e. The predicted molar refractivity (Wildman–Crippen MR) is 251 cm³/mol. The number of aromatic nitrogens is 4. The summed E-state index contributed by atoms with van der Waals surface area (Å²) in [7, 11) is 8.52. The van der Waals surface area contributed by atoms with Gasteiger partial charge in [-0.15, -0.1) is 0 Å². The smallest absolute Gasteiger partial charge is 0.185 e. The molecule has 0 amide bonds. The van der Waals surface area contributed by atoms with E-state index in [2.05, 4.69) is 39.3 Å². The molecule has 3 aliphatic rings. The Kier molecular flexibility index (Phi) is 21.3. The van der Waals surface area contributed by atoms with E-state index in [0.29, 0.717) is 33.5 Å². The SMILES string of the molecule is CCC(O)CO.CCCc1c(CC)nc(C=O)n1C.CNc1cccc(-c2cccc(NC)c2Cl)c1Cl.CO.Cn1c(C=O)nc2c1CCN(CCC13CCC(C=O)(CC1)C3)C2. The van der Waals surface area contributed by atoms with Gasteiger partial charge in [-0.3, -0.25) is 14.5 Å². The molecule has 0 radical (unpaired) electrons. The predicted octanol–water partition coefficient (Wildman–Crippen LogP) is 7.98. The Morgan fingerprint density at radius 2 is 1.42 bits per heavy atom. The lowest BCUT2D eigenvalue weighted by molar-refractivity contribution is -0.115. The van der Waals surface area contributed by atoms with Crippen molar-refractivity contribution >= 4 is 53.4 Å². The van der Waals surface area contributed by atoms with Crippen LogP contribution in [-0.4, -0.2) is 105 Å². The minimum absolute atomic E-state index is 0.0227. The first-order chi connectivity index (χ1) is 29.8. The number of hydrogen-bond donors (Lipinski definition) is 5. The van der Waals surface area contributed by atoms with E-state index < -0.39 is 6.10 Å². The van der Waals surface area contributed by atoms with E-state index in [1.807, 2.05) is 80.6 Å². The minimum Gasteiger partial charge on any atom is -0.400 e. The highest BCUT2D eigenvalue weighted by Gasteiger charge is 2.53. The Morgan fingerprint density at radius 1 is 0.855 bits per heavy atom. The van der Waals surface area contributed by atoms with Gasteiger partial charge in [0.2, 0.25) is 0 Å². The van der Waals surface area contributed by atoms with E-state index in [1.54, 1.807) is 0 Å². The summed E-state index contributed by atoms with van der Waals surface area (Å²) >= 11 is 12.7. The summed E-state index contributed by atoms with van der Waals surface area (Å²) in [5.41, 5.74) is 8.60. The second-order valence-electron chi connectivity index (χ2n) is 16.2. The summed E-state index contributed by atoms with van der Waals surface area (Å²) < 4.78 is 3.83. The third-order valence-electron chi connectivity index (χ3n) is 12.5. The van der Waals surface area contributed by atoms with Crippen molar-refractivity contribution in [2.45, 2.75) is 104 Å². The van der Waals surface area contributed by atoms with Crippen LogP contribution in [0.25, 0.3) is 11.1 Å². The molecule has 2 fully saturated rings. The van der Waals surface area contributed by atoms with Crippen LogP contribution in [0.3, 0.4) is 0 Å². The number of aliphatic hydroxyl groups excluding tert-OH is 3. The molecule has 15 heteroatoms. The number of carbonyl (C=O) groups is 3. The van der Waals surface area contributed by atoms with E-state index in [1.165, 1.54) is 36.9 Å². The van der Waals surface area contributed by atoms with Crippen molar-refractivity contribution in [2.75, 3.05) is 51.5 Å². The van der Waals surface area contributed by atoms with E-state index in [-0.39, 0.29) is 12.0 Å². The zero-order chi connectivity index (χ0) is 46.0. The molecular formula is C47H69Cl2N7O6. The molecule has 2 aliphatic carbocycles. The molecular weight excluding hydrogens is 829 g/mol. The maximum atomic E-state index is 11.4. The molecule has 1 unspecified atom stereocenters. The van der Waals surface area contributed by atoms with Gasteiger partial charge in [-0.1, -0.05) is 74.7 Å². The highest BCUT2D eigenvalue weighted by molar-refractivity contribution is 6.39. The van der Waals surface area contributed by atoms with Gasteiger partial charge in [-0.2, -0.15) is 0 Å². The van der Waals surface area contributed by atoms with Crippen molar-refractivity contribution < 1.29 is 29.7 Å². The lowest BCUT2D eigenvalue weighted by atomic mass is 9.80. The molecule has 2 saturated carbocycles. The number of imidazole rings is 2. The van der Waals surface area contributed by atoms with Gasteiger partial charge in [0, 0.05) is 82.7 Å². The Bertz CT molecular complexity index is 1990. The van der Waals surface area contributed by atoms with Crippen LogP contribution in [0.2, 0.25) is 10.0 Å². The van der Waals surface area contributed by atoms with E-state index >= 15 is 0 Å². The van der Waals surface area contributed by atoms with Gasteiger partial charge in [-0.05, 0) is 81.9 Å².